The van der Waals surface area contributed by atoms with Crippen molar-refractivity contribution in [3.05, 3.63) is 58.9 Å². The summed E-state index contributed by atoms with van der Waals surface area (Å²) in [4.78, 5) is 12.0. The first-order valence-corrected chi connectivity index (χ1v) is 7.74. The van der Waals surface area contributed by atoms with Crippen molar-refractivity contribution < 1.29 is 19.0 Å². The van der Waals surface area contributed by atoms with E-state index in [0.717, 1.165) is 11.1 Å². The summed E-state index contributed by atoms with van der Waals surface area (Å²) in [7, 11) is 1.45. The van der Waals surface area contributed by atoms with E-state index in [9.17, 15) is 14.3 Å². The van der Waals surface area contributed by atoms with Crippen LogP contribution in [0.3, 0.4) is 0 Å². The van der Waals surface area contributed by atoms with Crippen LogP contribution < -0.4 is 5.32 Å². The van der Waals surface area contributed by atoms with Crippen LogP contribution in [0.15, 0.2) is 36.4 Å². The molecule has 128 valence electrons. The number of benzene rings is 2. The molecule has 2 rings (SSSR count). The molecule has 1 unspecified atom stereocenters. The van der Waals surface area contributed by atoms with Gasteiger partial charge >= 0.3 is 0 Å². The number of hydrogen-bond donors (Lipinski definition) is 2. The molecule has 0 radical (unpaired) electrons. The maximum atomic E-state index is 14.3. The van der Waals surface area contributed by atoms with Gasteiger partial charge in [0.1, 0.15) is 5.82 Å². The minimum Gasteiger partial charge on any atom is -0.389 e. The Kier molecular flexibility index (Phi) is 6.06. The van der Waals surface area contributed by atoms with Gasteiger partial charge in [-0.05, 0) is 48.2 Å². The first-order valence-electron chi connectivity index (χ1n) is 7.74. The SMILES string of the molecule is COCC(O)CNC(=O)c1ccc(-c2ccc(C)c(C)c2)cc1F. The Morgan fingerprint density at radius 2 is 1.83 bits per heavy atom. The van der Waals surface area contributed by atoms with E-state index in [4.69, 9.17) is 4.74 Å². The van der Waals surface area contributed by atoms with Crippen LogP contribution in [0.1, 0.15) is 21.5 Å². The predicted octanol–water partition coefficient (Wildman–Crippen LogP) is 2.85. The highest BCUT2D eigenvalue weighted by atomic mass is 19.1. The van der Waals surface area contributed by atoms with Gasteiger partial charge in [-0.3, -0.25) is 4.79 Å². The monoisotopic (exact) mass is 331 g/mol. The second-order valence-electron chi connectivity index (χ2n) is 5.81. The van der Waals surface area contributed by atoms with Crippen molar-refractivity contribution in [3.8, 4) is 11.1 Å². The van der Waals surface area contributed by atoms with Crippen LogP contribution in [0.5, 0.6) is 0 Å². The lowest BCUT2D eigenvalue weighted by Gasteiger charge is -2.12. The van der Waals surface area contributed by atoms with Gasteiger partial charge in [-0.15, -0.1) is 0 Å². The van der Waals surface area contributed by atoms with Gasteiger partial charge < -0.3 is 15.2 Å². The quantitative estimate of drug-likeness (QED) is 0.856. The molecule has 2 N–H and O–H groups in total. The Morgan fingerprint density at radius 3 is 2.46 bits per heavy atom. The molecule has 0 bridgehead atoms. The second-order valence-corrected chi connectivity index (χ2v) is 5.81. The van der Waals surface area contributed by atoms with Crippen molar-refractivity contribution in [3.63, 3.8) is 0 Å². The average molecular weight is 331 g/mol. The molecule has 0 aliphatic carbocycles. The van der Waals surface area contributed by atoms with E-state index in [2.05, 4.69) is 5.32 Å². The van der Waals surface area contributed by atoms with Gasteiger partial charge in [-0.1, -0.05) is 24.3 Å². The van der Waals surface area contributed by atoms with Crippen LogP contribution in [0, 0.1) is 19.7 Å². The van der Waals surface area contributed by atoms with Crippen molar-refractivity contribution in [2.75, 3.05) is 20.3 Å². The normalized spacial score (nSPS) is 12.0. The maximum Gasteiger partial charge on any atom is 0.254 e. The van der Waals surface area contributed by atoms with Crippen LogP contribution in [0.25, 0.3) is 11.1 Å². The summed E-state index contributed by atoms with van der Waals surface area (Å²) in [6, 6.07) is 10.4. The van der Waals surface area contributed by atoms with Crippen LogP contribution >= 0.6 is 0 Å². The first kappa shape index (κ1) is 18.1. The van der Waals surface area contributed by atoms with Gasteiger partial charge in [0.15, 0.2) is 0 Å². The van der Waals surface area contributed by atoms with Gasteiger partial charge in [0.2, 0.25) is 0 Å². The summed E-state index contributed by atoms with van der Waals surface area (Å²) >= 11 is 0. The molecule has 0 saturated carbocycles. The van der Waals surface area contributed by atoms with E-state index in [1.807, 2.05) is 32.0 Å². The predicted molar refractivity (Wildman–Crippen MR) is 91.5 cm³/mol. The average Bonchev–Trinajstić information content (AvgIpc) is 2.55. The number of nitrogens with one attached hydrogen (secondary N) is 1. The number of aryl methyl sites for hydroxylation is 2. The summed E-state index contributed by atoms with van der Waals surface area (Å²) in [5, 5.41) is 12.0. The van der Waals surface area contributed by atoms with Gasteiger partial charge in [0.25, 0.3) is 5.91 Å². The molecule has 0 spiro atoms. The Balaban J connectivity index is 2.14. The smallest absolute Gasteiger partial charge is 0.254 e. The van der Waals surface area contributed by atoms with Crippen molar-refractivity contribution >= 4 is 5.91 Å². The number of halogens is 1. The van der Waals surface area contributed by atoms with Crippen molar-refractivity contribution in [2.24, 2.45) is 0 Å². The largest absolute Gasteiger partial charge is 0.389 e. The topological polar surface area (TPSA) is 58.6 Å². The van der Waals surface area contributed by atoms with E-state index in [0.29, 0.717) is 5.56 Å². The first-order chi connectivity index (χ1) is 11.4. The Bertz CT molecular complexity index is 731. The molecule has 0 aromatic heterocycles. The van der Waals surface area contributed by atoms with E-state index in [1.165, 1.54) is 24.8 Å². The Hall–Kier alpha value is -2.24. The Morgan fingerprint density at radius 1 is 1.17 bits per heavy atom. The number of methoxy groups -OCH3 is 1. The number of carbonyl (C=O) groups is 1. The van der Waals surface area contributed by atoms with E-state index in [1.54, 1.807) is 6.07 Å². The number of aliphatic hydroxyl groups excluding tert-OH is 1. The standard InChI is InChI=1S/C19H22FNO3/c1-12-4-5-14(8-13(12)2)15-6-7-17(18(20)9-15)19(23)21-10-16(22)11-24-3/h4-9,16,22H,10-11H2,1-3H3,(H,21,23). The summed E-state index contributed by atoms with van der Waals surface area (Å²) in [5.74, 6) is -1.15. The molecular weight excluding hydrogens is 309 g/mol. The third kappa shape index (κ3) is 4.40. The zero-order valence-corrected chi connectivity index (χ0v) is 14.1. The summed E-state index contributed by atoms with van der Waals surface area (Å²) < 4.78 is 19.1. The fourth-order valence-electron chi connectivity index (χ4n) is 2.36. The number of amides is 1. The lowest BCUT2D eigenvalue weighted by molar-refractivity contribution is 0.0609. The van der Waals surface area contributed by atoms with Crippen molar-refractivity contribution in [1.29, 1.82) is 0 Å². The minimum absolute atomic E-state index is 0.00498. The molecule has 0 saturated heterocycles. The van der Waals surface area contributed by atoms with E-state index >= 15 is 0 Å². The van der Waals surface area contributed by atoms with Gasteiger partial charge in [-0.2, -0.15) is 0 Å². The highest BCUT2D eigenvalue weighted by molar-refractivity contribution is 5.95. The zero-order valence-electron chi connectivity index (χ0n) is 14.1. The summed E-state index contributed by atoms with van der Waals surface area (Å²) in [6.45, 7) is 4.13. The highest BCUT2D eigenvalue weighted by Gasteiger charge is 2.14. The second kappa shape index (κ2) is 8.04. The molecule has 4 nitrogen and oxygen atoms in total. The number of aliphatic hydroxyl groups is 1. The summed E-state index contributed by atoms with van der Waals surface area (Å²) in [5.41, 5.74) is 3.87. The fourth-order valence-corrected chi connectivity index (χ4v) is 2.36. The van der Waals surface area contributed by atoms with Crippen LogP contribution in [-0.2, 0) is 4.74 Å². The maximum absolute atomic E-state index is 14.3. The highest BCUT2D eigenvalue weighted by Crippen LogP contribution is 2.24. The van der Waals surface area contributed by atoms with Crippen molar-refractivity contribution in [2.45, 2.75) is 20.0 Å². The zero-order chi connectivity index (χ0) is 17.7. The third-order valence-electron chi connectivity index (χ3n) is 3.91. The number of ether oxygens (including phenoxy) is 1. The summed E-state index contributed by atoms with van der Waals surface area (Å²) in [6.07, 6.45) is -0.822. The molecular formula is C19H22FNO3. The number of hydrogen-bond acceptors (Lipinski definition) is 3. The number of rotatable bonds is 6. The van der Waals surface area contributed by atoms with Gasteiger partial charge in [0.05, 0.1) is 18.3 Å². The minimum atomic E-state index is -0.822. The van der Waals surface area contributed by atoms with Crippen molar-refractivity contribution in [1.82, 2.24) is 5.32 Å². The van der Waals surface area contributed by atoms with Crippen LogP contribution in [0.4, 0.5) is 4.39 Å². The van der Waals surface area contributed by atoms with Gasteiger partial charge in [-0.25, -0.2) is 4.39 Å². The molecule has 2 aromatic rings. The molecule has 1 amide bonds. The fraction of sp³-hybridized carbons (Fsp3) is 0.316. The van der Waals surface area contributed by atoms with Gasteiger partial charge in [0, 0.05) is 13.7 Å². The molecule has 24 heavy (non-hydrogen) atoms. The van der Waals surface area contributed by atoms with E-state index in [-0.39, 0.29) is 18.7 Å². The van der Waals surface area contributed by atoms with Crippen LogP contribution in [0.2, 0.25) is 0 Å². The molecule has 0 heterocycles. The lowest BCUT2D eigenvalue weighted by Crippen LogP contribution is -2.34. The molecule has 1 atom stereocenters. The van der Waals surface area contributed by atoms with E-state index < -0.39 is 17.8 Å². The third-order valence-corrected chi connectivity index (χ3v) is 3.91. The molecule has 2 aromatic carbocycles. The lowest BCUT2D eigenvalue weighted by atomic mass is 9.99. The number of carbonyl (C=O) groups excluding carboxylic acids is 1. The molecule has 0 aliphatic rings. The van der Waals surface area contributed by atoms with Crippen LogP contribution in [-0.4, -0.2) is 37.4 Å². The molecule has 0 aliphatic heterocycles. The Labute approximate surface area is 141 Å². The molecule has 5 heteroatoms. The molecule has 0 fully saturated rings.